The number of hydrogen-bond acceptors (Lipinski definition) is 4. The molecular formula is C17H36Na2O8P2. The van der Waals surface area contributed by atoms with Crippen molar-refractivity contribution in [3.63, 3.8) is 0 Å². The van der Waals surface area contributed by atoms with E-state index in [1.807, 2.05) is 0 Å². The van der Waals surface area contributed by atoms with Crippen LogP contribution in [0, 0.1) is 0 Å². The maximum atomic E-state index is 11.0. The predicted molar refractivity (Wildman–Crippen MR) is 106 cm³/mol. The molecule has 0 aromatic rings. The standard InChI is InChI=1S/C17H34O8P2.2Na.2H/c18-16(26(20,21)22)14-12-10-8-6-4-2-1-3-5-7-9-11-13-15-17(19)27(23,24)25;;;;/h1-15H2,(H2,20,21,22)(H2,23,24,25);;;;/q;2*+1;2*-1. The third kappa shape index (κ3) is 22.6. The second-order valence-corrected chi connectivity index (χ2v) is 10.1. The zero-order chi connectivity index (χ0) is 20.8. The van der Waals surface area contributed by atoms with Crippen molar-refractivity contribution in [2.24, 2.45) is 0 Å². The zero-order valence-electron chi connectivity index (χ0n) is 19.9. The van der Waals surface area contributed by atoms with Crippen LogP contribution >= 0.6 is 15.2 Å². The van der Waals surface area contributed by atoms with Crippen LogP contribution in [0.5, 0.6) is 0 Å². The molecule has 0 aliphatic heterocycles. The second kappa shape index (κ2) is 20.3. The second-order valence-electron chi connectivity index (χ2n) is 6.97. The smallest absolute Gasteiger partial charge is 1.00 e. The molecule has 0 unspecified atom stereocenters. The van der Waals surface area contributed by atoms with Crippen LogP contribution in [0.1, 0.15) is 99.2 Å². The Morgan fingerprint density at radius 2 is 0.655 bits per heavy atom. The Morgan fingerprint density at radius 1 is 0.483 bits per heavy atom. The monoisotopic (exact) mass is 476 g/mol. The molecule has 0 aliphatic rings. The Labute approximate surface area is 221 Å². The van der Waals surface area contributed by atoms with Gasteiger partial charge in [-0.15, -0.1) is 0 Å². The largest absolute Gasteiger partial charge is 1.00 e. The molecule has 164 valence electrons. The Morgan fingerprint density at radius 3 is 0.828 bits per heavy atom. The number of rotatable bonds is 18. The van der Waals surface area contributed by atoms with Crippen LogP contribution < -0.4 is 59.1 Å². The molecule has 8 nitrogen and oxygen atoms in total. The summed E-state index contributed by atoms with van der Waals surface area (Å²) in [6.45, 7) is 0. The summed E-state index contributed by atoms with van der Waals surface area (Å²) in [5.41, 5.74) is -1.92. The van der Waals surface area contributed by atoms with Gasteiger partial charge in [0.1, 0.15) is 0 Å². The number of carbonyl (C=O) groups excluding carboxylic acids is 2. The van der Waals surface area contributed by atoms with E-state index in [0.29, 0.717) is 12.8 Å². The minimum absolute atomic E-state index is 0. The van der Waals surface area contributed by atoms with Crippen molar-refractivity contribution in [2.75, 3.05) is 0 Å². The summed E-state index contributed by atoms with van der Waals surface area (Å²) in [6, 6.07) is 0. The van der Waals surface area contributed by atoms with Gasteiger partial charge in [-0.25, -0.2) is 0 Å². The third-order valence-electron chi connectivity index (χ3n) is 4.43. The van der Waals surface area contributed by atoms with E-state index in [9.17, 15) is 18.7 Å². The number of hydrogen-bond donors (Lipinski definition) is 4. The first-order valence-corrected chi connectivity index (χ1v) is 13.0. The predicted octanol–water partition coefficient (Wildman–Crippen LogP) is -1.52. The third-order valence-corrected chi connectivity index (χ3v) is 6.18. The van der Waals surface area contributed by atoms with E-state index in [1.165, 1.54) is 0 Å². The van der Waals surface area contributed by atoms with Gasteiger partial charge in [0.15, 0.2) is 0 Å². The first-order chi connectivity index (χ1) is 12.5. The molecule has 0 saturated heterocycles. The summed E-state index contributed by atoms with van der Waals surface area (Å²) in [6.07, 6.45) is 12.4. The Kier molecular flexibility index (Phi) is 24.6. The summed E-state index contributed by atoms with van der Waals surface area (Å²) in [5.74, 6) is 0. The molecule has 0 bridgehead atoms. The molecule has 0 amide bonds. The maximum Gasteiger partial charge on any atom is 1.00 e. The van der Waals surface area contributed by atoms with Crippen molar-refractivity contribution in [3.05, 3.63) is 0 Å². The summed E-state index contributed by atoms with van der Waals surface area (Å²) < 4.78 is 21.3. The van der Waals surface area contributed by atoms with Crippen LogP contribution in [0.3, 0.4) is 0 Å². The van der Waals surface area contributed by atoms with Gasteiger partial charge in [0.2, 0.25) is 11.0 Å². The van der Waals surface area contributed by atoms with Gasteiger partial charge < -0.3 is 22.4 Å². The van der Waals surface area contributed by atoms with Gasteiger partial charge in [-0.1, -0.05) is 70.6 Å². The van der Waals surface area contributed by atoms with Crippen LogP contribution in [-0.4, -0.2) is 30.6 Å². The van der Waals surface area contributed by atoms with Crippen LogP contribution in [0.25, 0.3) is 0 Å². The summed E-state index contributed by atoms with van der Waals surface area (Å²) >= 11 is 0. The van der Waals surface area contributed by atoms with Crippen molar-refractivity contribution in [1.29, 1.82) is 0 Å². The van der Waals surface area contributed by atoms with Crippen molar-refractivity contribution in [2.45, 2.75) is 96.3 Å². The molecule has 0 aliphatic carbocycles. The Balaban J connectivity index is -0.000000563. The van der Waals surface area contributed by atoms with E-state index in [0.717, 1.165) is 70.6 Å². The molecule has 0 aromatic heterocycles. The van der Waals surface area contributed by atoms with Crippen LogP contribution in [-0.2, 0) is 18.7 Å². The molecule has 0 rings (SSSR count). The van der Waals surface area contributed by atoms with Gasteiger partial charge in [0.05, 0.1) is 0 Å². The Bertz CT molecular complexity index is 498. The first kappa shape index (κ1) is 35.2. The quantitative estimate of drug-likeness (QED) is 0.106. The van der Waals surface area contributed by atoms with Crippen molar-refractivity contribution >= 4 is 26.2 Å². The molecule has 0 saturated carbocycles. The molecule has 0 fully saturated rings. The van der Waals surface area contributed by atoms with Gasteiger partial charge in [0, 0.05) is 12.8 Å². The van der Waals surface area contributed by atoms with Gasteiger partial charge in [-0.05, 0) is 12.8 Å². The van der Waals surface area contributed by atoms with E-state index >= 15 is 0 Å². The molecule has 0 aromatic carbocycles. The maximum absolute atomic E-state index is 11.0. The normalized spacial score (nSPS) is 11.4. The van der Waals surface area contributed by atoms with E-state index in [1.54, 1.807) is 0 Å². The van der Waals surface area contributed by atoms with Crippen LogP contribution in [0.4, 0.5) is 0 Å². The summed E-state index contributed by atoms with van der Waals surface area (Å²) in [7, 11) is -9.08. The van der Waals surface area contributed by atoms with Crippen LogP contribution in [0.15, 0.2) is 0 Å². The molecule has 0 atom stereocenters. The van der Waals surface area contributed by atoms with E-state index < -0.39 is 26.2 Å². The molecule has 4 N–H and O–H groups in total. The zero-order valence-corrected chi connectivity index (χ0v) is 23.7. The minimum atomic E-state index is -4.54. The number of unbranched alkanes of at least 4 members (excludes halogenated alkanes) is 12. The molecule has 0 radical (unpaired) electrons. The van der Waals surface area contributed by atoms with E-state index in [-0.39, 0.29) is 74.8 Å². The number of carbonyl (C=O) groups is 2. The molecule has 0 spiro atoms. The van der Waals surface area contributed by atoms with Crippen molar-refractivity contribution in [1.82, 2.24) is 0 Å². The topological polar surface area (TPSA) is 149 Å². The average molecular weight is 476 g/mol. The van der Waals surface area contributed by atoms with E-state index in [2.05, 4.69) is 0 Å². The fourth-order valence-corrected chi connectivity index (χ4v) is 3.69. The van der Waals surface area contributed by atoms with Crippen molar-refractivity contribution < 1.29 is 100 Å². The van der Waals surface area contributed by atoms with Crippen molar-refractivity contribution in [3.8, 4) is 0 Å². The fourth-order valence-electron chi connectivity index (χ4n) is 2.79. The van der Waals surface area contributed by atoms with E-state index in [4.69, 9.17) is 19.6 Å². The molecule has 29 heavy (non-hydrogen) atoms. The fraction of sp³-hybridized carbons (Fsp3) is 0.882. The summed E-state index contributed by atoms with van der Waals surface area (Å²) in [4.78, 5) is 56.7. The molecular weight excluding hydrogens is 440 g/mol. The van der Waals surface area contributed by atoms with Gasteiger partial charge >= 0.3 is 74.3 Å². The SMILES string of the molecule is O=C(CCCCCCCCCCCCCCCC(=O)P(=O)(O)O)P(=O)(O)O.[H-].[H-].[Na+].[Na+]. The van der Waals surface area contributed by atoms with Gasteiger partial charge in [-0.3, -0.25) is 18.7 Å². The Hall–Kier alpha value is 1.64. The molecule has 0 heterocycles. The summed E-state index contributed by atoms with van der Waals surface area (Å²) in [5, 5.41) is 0. The molecule has 12 heteroatoms. The van der Waals surface area contributed by atoms with Gasteiger partial charge in [-0.2, -0.15) is 0 Å². The average Bonchev–Trinajstić information content (AvgIpc) is 2.56. The van der Waals surface area contributed by atoms with Gasteiger partial charge in [0.25, 0.3) is 0 Å². The first-order valence-electron chi connectivity index (χ1n) is 9.73. The van der Waals surface area contributed by atoms with Crippen LogP contribution in [0.2, 0.25) is 0 Å². The minimum Gasteiger partial charge on any atom is -1.00 e.